The molecule has 1 atom stereocenters. The van der Waals surface area contributed by atoms with Crippen molar-refractivity contribution in [3.8, 4) is 11.5 Å². The van der Waals surface area contributed by atoms with Crippen LogP contribution < -0.4 is 20.5 Å². The van der Waals surface area contributed by atoms with Gasteiger partial charge in [-0.05, 0) is 24.3 Å². The van der Waals surface area contributed by atoms with E-state index in [1.54, 1.807) is 18.2 Å². The normalized spacial score (nSPS) is 14.9. The lowest BCUT2D eigenvalue weighted by Gasteiger charge is -2.24. The SMILES string of the molecule is Nc1nc(COC(=O)[C@@H]2COc3ccccc3O2)nc(Nc2ccccc2)n1. The number of nitrogens with two attached hydrogens (primary N) is 1. The van der Waals surface area contributed by atoms with E-state index in [4.69, 9.17) is 19.9 Å². The van der Waals surface area contributed by atoms with E-state index in [0.717, 1.165) is 5.69 Å². The number of carbonyl (C=O) groups is 1. The number of rotatable bonds is 5. The molecule has 0 radical (unpaired) electrons. The molecule has 4 rings (SSSR count). The predicted molar refractivity (Wildman–Crippen MR) is 100 cm³/mol. The monoisotopic (exact) mass is 379 g/mol. The van der Waals surface area contributed by atoms with Crippen molar-refractivity contribution in [2.75, 3.05) is 17.7 Å². The van der Waals surface area contributed by atoms with Gasteiger partial charge < -0.3 is 25.3 Å². The topological polar surface area (TPSA) is 121 Å². The molecule has 9 heteroatoms. The molecule has 1 aromatic heterocycles. The second kappa shape index (κ2) is 7.78. The molecule has 3 N–H and O–H groups in total. The van der Waals surface area contributed by atoms with Crippen LogP contribution in [0.5, 0.6) is 11.5 Å². The molecule has 2 aromatic carbocycles. The number of nitrogens with zero attached hydrogens (tertiary/aromatic N) is 3. The number of esters is 1. The second-order valence-electron chi connectivity index (χ2n) is 5.90. The fourth-order valence-electron chi connectivity index (χ4n) is 2.57. The number of para-hydroxylation sites is 3. The standard InChI is InChI=1S/C19H17N5O4/c20-18-22-16(23-19(24-18)21-12-6-2-1-3-7-12)11-27-17(25)15-10-26-13-8-4-5-9-14(13)28-15/h1-9,15H,10-11H2,(H3,20,21,22,23,24)/t15-/m0/s1. The Morgan fingerprint density at radius 2 is 1.82 bits per heavy atom. The Hall–Kier alpha value is -3.88. The minimum atomic E-state index is -0.865. The van der Waals surface area contributed by atoms with Gasteiger partial charge in [-0.15, -0.1) is 0 Å². The second-order valence-corrected chi connectivity index (χ2v) is 5.90. The molecular weight excluding hydrogens is 362 g/mol. The fourth-order valence-corrected chi connectivity index (χ4v) is 2.57. The van der Waals surface area contributed by atoms with Gasteiger partial charge in [0, 0.05) is 5.69 Å². The van der Waals surface area contributed by atoms with Gasteiger partial charge in [0.1, 0.15) is 6.61 Å². The lowest BCUT2D eigenvalue weighted by molar-refractivity contribution is -0.156. The van der Waals surface area contributed by atoms with Crippen molar-refractivity contribution in [3.63, 3.8) is 0 Å². The summed E-state index contributed by atoms with van der Waals surface area (Å²) in [4.78, 5) is 24.5. The molecule has 28 heavy (non-hydrogen) atoms. The molecule has 142 valence electrons. The van der Waals surface area contributed by atoms with E-state index in [2.05, 4.69) is 20.3 Å². The first-order valence-corrected chi connectivity index (χ1v) is 8.55. The van der Waals surface area contributed by atoms with Gasteiger partial charge in [-0.25, -0.2) is 4.79 Å². The van der Waals surface area contributed by atoms with E-state index in [1.165, 1.54) is 0 Å². The van der Waals surface area contributed by atoms with E-state index >= 15 is 0 Å². The zero-order valence-electron chi connectivity index (χ0n) is 14.7. The molecule has 3 aromatic rings. The van der Waals surface area contributed by atoms with Gasteiger partial charge in [0.25, 0.3) is 0 Å². The van der Waals surface area contributed by atoms with Crippen molar-refractivity contribution >= 4 is 23.6 Å². The van der Waals surface area contributed by atoms with Crippen LogP contribution in [0.2, 0.25) is 0 Å². The van der Waals surface area contributed by atoms with Crippen LogP contribution in [-0.2, 0) is 16.1 Å². The molecule has 1 aliphatic rings. The maximum Gasteiger partial charge on any atom is 0.351 e. The van der Waals surface area contributed by atoms with Crippen LogP contribution in [0.1, 0.15) is 5.82 Å². The van der Waals surface area contributed by atoms with Crippen molar-refractivity contribution in [2.24, 2.45) is 0 Å². The molecular formula is C19H17N5O4. The number of aromatic nitrogens is 3. The quantitative estimate of drug-likeness (QED) is 0.642. The van der Waals surface area contributed by atoms with Gasteiger partial charge in [-0.3, -0.25) is 0 Å². The van der Waals surface area contributed by atoms with Crippen LogP contribution in [0, 0.1) is 0 Å². The zero-order valence-corrected chi connectivity index (χ0v) is 14.7. The summed E-state index contributed by atoms with van der Waals surface area (Å²) in [6, 6.07) is 16.5. The van der Waals surface area contributed by atoms with Crippen LogP contribution in [0.25, 0.3) is 0 Å². The first kappa shape index (κ1) is 17.5. The van der Waals surface area contributed by atoms with Gasteiger partial charge in [0.05, 0.1) is 0 Å². The van der Waals surface area contributed by atoms with Gasteiger partial charge in [0.2, 0.25) is 18.0 Å². The fraction of sp³-hybridized carbons (Fsp3) is 0.158. The van der Waals surface area contributed by atoms with Gasteiger partial charge in [-0.1, -0.05) is 30.3 Å². The summed E-state index contributed by atoms with van der Waals surface area (Å²) < 4.78 is 16.4. The van der Waals surface area contributed by atoms with Crippen molar-refractivity contribution in [3.05, 3.63) is 60.4 Å². The van der Waals surface area contributed by atoms with Gasteiger partial charge in [-0.2, -0.15) is 15.0 Å². The molecule has 0 saturated carbocycles. The molecule has 0 amide bonds. The van der Waals surface area contributed by atoms with E-state index in [1.807, 2.05) is 36.4 Å². The third-order valence-electron chi connectivity index (χ3n) is 3.84. The minimum Gasteiger partial charge on any atom is -0.485 e. The molecule has 0 unspecified atom stereocenters. The first-order chi connectivity index (χ1) is 13.7. The highest BCUT2D eigenvalue weighted by Crippen LogP contribution is 2.31. The van der Waals surface area contributed by atoms with Gasteiger partial charge in [0.15, 0.2) is 23.9 Å². The molecule has 0 aliphatic carbocycles. The molecule has 9 nitrogen and oxygen atoms in total. The number of nitrogen functional groups attached to an aromatic ring is 1. The highest BCUT2D eigenvalue weighted by atomic mass is 16.6. The third-order valence-corrected chi connectivity index (χ3v) is 3.84. The summed E-state index contributed by atoms with van der Waals surface area (Å²) in [5, 5.41) is 3.02. The van der Waals surface area contributed by atoms with Gasteiger partial charge >= 0.3 is 5.97 Å². The highest BCUT2D eigenvalue weighted by molar-refractivity contribution is 5.76. The van der Waals surface area contributed by atoms with Crippen LogP contribution in [0.3, 0.4) is 0 Å². The zero-order chi connectivity index (χ0) is 19.3. The lowest BCUT2D eigenvalue weighted by atomic mass is 10.2. The largest absolute Gasteiger partial charge is 0.485 e. The van der Waals surface area contributed by atoms with E-state index in [9.17, 15) is 4.79 Å². The average molecular weight is 379 g/mol. The van der Waals surface area contributed by atoms with E-state index in [-0.39, 0.29) is 30.9 Å². The minimum absolute atomic E-state index is 0.0191. The summed E-state index contributed by atoms with van der Waals surface area (Å²) in [6.45, 7) is -0.105. The summed E-state index contributed by atoms with van der Waals surface area (Å²) in [7, 11) is 0. The Kier molecular flexibility index (Phi) is 4.87. The number of hydrogen-bond donors (Lipinski definition) is 2. The van der Waals surface area contributed by atoms with Crippen LogP contribution in [0.15, 0.2) is 54.6 Å². The van der Waals surface area contributed by atoms with Crippen LogP contribution in [0.4, 0.5) is 17.6 Å². The Bertz CT molecular complexity index is 983. The Balaban J connectivity index is 1.39. The highest BCUT2D eigenvalue weighted by Gasteiger charge is 2.28. The Labute approximate surface area is 160 Å². The average Bonchev–Trinajstić information content (AvgIpc) is 2.72. The number of fused-ring (bicyclic) bond motifs is 1. The molecule has 0 fully saturated rings. The summed E-state index contributed by atoms with van der Waals surface area (Å²) in [5.74, 6) is 1.01. The molecule has 1 aliphatic heterocycles. The maximum absolute atomic E-state index is 12.3. The number of benzene rings is 2. The number of hydrogen-bond acceptors (Lipinski definition) is 9. The summed E-state index contributed by atoms with van der Waals surface area (Å²) in [6.07, 6.45) is -0.865. The summed E-state index contributed by atoms with van der Waals surface area (Å²) >= 11 is 0. The molecule has 0 bridgehead atoms. The van der Waals surface area contributed by atoms with Crippen LogP contribution >= 0.6 is 0 Å². The van der Waals surface area contributed by atoms with E-state index in [0.29, 0.717) is 11.5 Å². The Morgan fingerprint density at radius 1 is 1.07 bits per heavy atom. The molecule has 2 heterocycles. The smallest absolute Gasteiger partial charge is 0.351 e. The maximum atomic E-state index is 12.3. The number of nitrogens with one attached hydrogen (secondary N) is 1. The Morgan fingerprint density at radius 3 is 2.64 bits per heavy atom. The summed E-state index contributed by atoms with van der Waals surface area (Å²) in [5.41, 5.74) is 6.52. The number of ether oxygens (including phenoxy) is 3. The van der Waals surface area contributed by atoms with Crippen molar-refractivity contribution < 1.29 is 19.0 Å². The lowest BCUT2D eigenvalue weighted by Crippen LogP contribution is -2.37. The third kappa shape index (κ3) is 4.09. The molecule has 0 saturated heterocycles. The predicted octanol–water partition coefficient (Wildman–Crippen LogP) is 2.08. The first-order valence-electron chi connectivity index (χ1n) is 8.55. The van der Waals surface area contributed by atoms with E-state index < -0.39 is 12.1 Å². The van der Waals surface area contributed by atoms with Crippen molar-refractivity contribution in [1.29, 1.82) is 0 Å². The number of carbonyl (C=O) groups excluding carboxylic acids is 1. The van der Waals surface area contributed by atoms with Crippen molar-refractivity contribution in [2.45, 2.75) is 12.7 Å². The number of anilines is 3. The van der Waals surface area contributed by atoms with Crippen LogP contribution in [-0.4, -0.2) is 33.6 Å². The van der Waals surface area contributed by atoms with Crippen molar-refractivity contribution in [1.82, 2.24) is 15.0 Å². The molecule has 0 spiro atoms.